The van der Waals surface area contributed by atoms with Gasteiger partial charge in [0.1, 0.15) is 5.75 Å². The van der Waals surface area contributed by atoms with Crippen LogP contribution in [0.15, 0.2) is 47.4 Å². The third-order valence-electron chi connectivity index (χ3n) is 5.13. The summed E-state index contributed by atoms with van der Waals surface area (Å²) in [7, 11) is -3.52. The molecule has 2 aromatic rings. The Morgan fingerprint density at radius 3 is 2.39 bits per heavy atom. The second-order valence-corrected chi connectivity index (χ2v) is 10.2. The SMILES string of the molecule is CCCNS(=O)(=O)c1ccc(NC(=O)C(C)(C)CCCOc2cc(C)ccc2C)cc1. The lowest BCUT2D eigenvalue weighted by atomic mass is 9.87. The Bertz CT molecular complexity index is 983. The van der Waals surface area contributed by atoms with Crippen LogP contribution in [0.5, 0.6) is 5.75 Å². The van der Waals surface area contributed by atoms with Gasteiger partial charge in [-0.15, -0.1) is 0 Å². The van der Waals surface area contributed by atoms with Crippen molar-refractivity contribution in [3.05, 3.63) is 53.6 Å². The highest BCUT2D eigenvalue weighted by molar-refractivity contribution is 7.89. The highest BCUT2D eigenvalue weighted by atomic mass is 32.2. The van der Waals surface area contributed by atoms with Crippen molar-refractivity contribution >= 4 is 21.6 Å². The molecule has 6 nitrogen and oxygen atoms in total. The largest absolute Gasteiger partial charge is 0.493 e. The fraction of sp³-hybridized carbons (Fsp3) is 0.458. The molecule has 0 radical (unpaired) electrons. The van der Waals surface area contributed by atoms with E-state index >= 15 is 0 Å². The summed E-state index contributed by atoms with van der Waals surface area (Å²) in [5, 5.41) is 2.88. The molecule has 0 heterocycles. The van der Waals surface area contributed by atoms with Crippen molar-refractivity contribution < 1.29 is 17.9 Å². The lowest BCUT2D eigenvalue weighted by molar-refractivity contribution is -0.124. The van der Waals surface area contributed by atoms with Gasteiger partial charge in [-0.05, 0) is 74.6 Å². The van der Waals surface area contributed by atoms with Crippen molar-refractivity contribution in [1.29, 1.82) is 0 Å². The van der Waals surface area contributed by atoms with E-state index in [1.807, 2.05) is 46.8 Å². The average Bonchev–Trinajstić information content (AvgIpc) is 2.72. The standard InChI is InChI=1S/C24H34N2O4S/c1-6-15-25-31(28,29)21-12-10-20(11-13-21)26-23(27)24(4,5)14-7-16-30-22-17-18(2)8-9-19(22)3/h8-13,17,25H,6-7,14-16H2,1-5H3,(H,26,27). The summed E-state index contributed by atoms with van der Waals surface area (Å²) < 4.78 is 32.7. The lowest BCUT2D eigenvalue weighted by Gasteiger charge is -2.24. The van der Waals surface area contributed by atoms with Crippen LogP contribution >= 0.6 is 0 Å². The summed E-state index contributed by atoms with van der Waals surface area (Å²) in [6.07, 6.45) is 2.13. The van der Waals surface area contributed by atoms with Gasteiger partial charge in [-0.2, -0.15) is 0 Å². The normalized spacial score (nSPS) is 11.9. The van der Waals surface area contributed by atoms with Gasteiger partial charge in [-0.3, -0.25) is 4.79 Å². The molecule has 0 saturated carbocycles. The van der Waals surface area contributed by atoms with E-state index < -0.39 is 15.4 Å². The van der Waals surface area contributed by atoms with Crippen LogP contribution in [0.25, 0.3) is 0 Å². The zero-order valence-corrected chi connectivity index (χ0v) is 19.9. The van der Waals surface area contributed by atoms with Crippen LogP contribution < -0.4 is 14.8 Å². The summed E-state index contributed by atoms with van der Waals surface area (Å²) in [6, 6.07) is 12.3. The van der Waals surface area contributed by atoms with Gasteiger partial charge in [0.15, 0.2) is 0 Å². The summed E-state index contributed by atoms with van der Waals surface area (Å²) in [6.45, 7) is 10.7. The minimum atomic E-state index is -3.52. The molecule has 170 valence electrons. The molecule has 0 spiro atoms. The molecule has 0 aliphatic heterocycles. The van der Waals surface area contributed by atoms with Crippen molar-refractivity contribution in [3.63, 3.8) is 0 Å². The Labute approximate surface area is 186 Å². The van der Waals surface area contributed by atoms with Crippen LogP contribution in [-0.2, 0) is 14.8 Å². The first-order chi connectivity index (χ1) is 14.5. The van der Waals surface area contributed by atoms with E-state index in [2.05, 4.69) is 16.1 Å². The van der Waals surface area contributed by atoms with Crippen molar-refractivity contribution in [2.45, 2.75) is 58.8 Å². The Hall–Kier alpha value is -2.38. The maximum Gasteiger partial charge on any atom is 0.240 e. The molecule has 31 heavy (non-hydrogen) atoms. The minimum absolute atomic E-state index is 0.112. The van der Waals surface area contributed by atoms with Gasteiger partial charge in [-0.25, -0.2) is 13.1 Å². The number of rotatable bonds is 11. The predicted molar refractivity (Wildman–Crippen MR) is 125 cm³/mol. The van der Waals surface area contributed by atoms with Crippen LogP contribution in [0.4, 0.5) is 5.69 Å². The predicted octanol–water partition coefficient (Wildman–Crippen LogP) is 4.82. The number of ether oxygens (including phenoxy) is 1. The topological polar surface area (TPSA) is 84.5 Å². The van der Waals surface area contributed by atoms with Gasteiger partial charge < -0.3 is 10.1 Å². The molecule has 2 aromatic carbocycles. The number of carbonyl (C=O) groups excluding carboxylic acids is 1. The molecule has 1 amide bonds. The summed E-state index contributed by atoms with van der Waals surface area (Å²) in [4.78, 5) is 12.9. The van der Waals surface area contributed by atoms with Gasteiger partial charge >= 0.3 is 0 Å². The Morgan fingerprint density at radius 1 is 1.06 bits per heavy atom. The minimum Gasteiger partial charge on any atom is -0.493 e. The average molecular weight is 447 g/mol. The zero-order chi connectivity index (χ0) is 23.1. The van der Waals surface area contributed by atoms with Crippen molar-refractivity contribution in [3.8, 4) is 5.75 Å². The molecular formula is C24H34N2O4S. The number of nitrogens with one attached hydrogen (secondary N) is 2. The van der Waals surface area contributed by atoms with Gasteiger partial charge in [0.25, 0.3) is 0 Å². The lowest BCUT2D eigenvalue weighted by Crippen LogP contribution is -2.31. The first-order valence-electron chi connectivity index (χ1n) is 10.7. The molecule has 0 aliphatic carbocycles. The smallest absolute Gasteiger partial charge is 0.240 e. The fourth-order valence-corrected chi connectivity index (χ4v) is 4.14. The van der Waals surface area contributed by atoms with E-state index in [4.69, 9.17) is 4.74 Å². The van der Waals surface area contributed by atoms with Crippen molar-refractivity contribution in [1.82, 2.24) is 4.72 Å². The molecule has 0 atom stereocenters. The summed E-state index contributed by atoms with van der Waals surface area (Å²) in [5.41, 5.74) is 2.23. The van der Waals surface area contributed by atoms with E-state index in [-0.39, 0.29) is 10.8 Å². The van der Waals surface area contributed by atoms with Crippen LogP contribution in [-0.4, -0.2) is 27.5 Å². The quantitative estimate of drug-likeness (QED) is 0.485. The van der Waals surface area contributed by atoms with Gasteiger partial charge in [0.05, 0.1) is 11.5 Å². The maximum atomic E-state index is 12.7. The van der Waals surface area contributed by atoms with Crippen LogP contribution in [0.1, 0.15) is 51.2 Å². The number of amides is 1. The van der Waals surface area contributed by atoms with E-state index in [1.54, 1.807) is 12.1 Å². The first kappa shape index (κ1) is 24.9. The number of anilines is 1. The molecule has 0 aliphatic rings. The van der Waals surface area contributed by atoms with Crippen molar-refractivity contribution in [2.75, 3.05) is 18.5 Å². The second-order valence-electron chi connectivity index (χ2n) is 8.48. The fourth-order valence-electron chi connectivity index (χ4n) is 3.01. The molecule has 2 rings (SSSR count). The van der Waals surface area contributed by atoms with Gasteiger partial charge in [0.2, 0.25) is 15.9 Å². The molecule has 0 unspecified atom stereocenters. The highest BCUT2D eigenvalue weighted by Crippen LogP contribution is 2.26. The monoisotopic (exact) mass is 446 g/mol. The molecule has 0 aromatic heterocycles. The molecule has 0 fully saturated rings. The molecule has 0 bridgehead atoms. The van der Waals surface area contributed by atoms with Crippen LogP contribution in [0, 0.1) is 19.3 Å². The third-order valence-corrected chi connectivity index (χ3v) is 6.60. The Kier molecular flexibility index (Phi) is 8.65. The maximum absolute atomic E-state index is 12.7. The van der Waals surface area contributed by atoms with Crippen molar-refractivity contribution in [2.24, 2.45) is 5.41 Å². The zero-order valence-electron chi connectivity index (χ0n) is 19.1. The molecular weight excluding hydrogens is 412 g/mol. The summed E-state index contributed by atoms with van der Waals surface area (Å²) in [5.74, 6) is 0.768. The molecule has 7 heteroatoms. The van der Waals surface area contributed by atoms with Crippen LogP contribution in [0.2, 0.25) is 0 Å². The van der Waals surface area contributed by atoms with Crippen LogP contribution in [0.3, 0.4) is 0 Å². The summed E-state index contributed by atoms with van der Waals surface area (Å²) >= 11 is 0. The number of sulfonamides is 1. The third kappa shape index (κ3) is 7.36. The number of aryl methyl sites for hydroxylation is 2. The number of carbonyl (C=O) groups is 1. The Balaban J connectivity index is 1.88. The molecule has 0 saturated heterocycles. The molecule has 2 N–H and O–H groups in total. The Morgan fingerprint density at radius 2 is 1.74 bits per heavy atom. The van der Waals surface area contributed by atoms with E-state index in [1.165, 1.54) is 12.1 Å². The highest BCUT2D eigenvalue weighted by Gasteiger charge is 2.27. The second kappa shape index (κ2) is 10.8. The van der Waals surface area contributed by atoms with E-state index in [9.17, 15) is 13.2 Å². The van der Waals surface area contributed by atoms with Gasteiger partial charge in [-0.1, -0.05) is 32.9 Å². The number of benzene rings is 2. The van der Waals surface area contributed by atoms with Gasteiger partial charge in [0, 0.05) is 17.6 Å². The number of hydrogen-bond acceptors (Lipinski definition) is 4. The first-order valence-corrected chi connectivity index (χ1v) is 12.1. The number of hydrogen-bond donors (Lipinski definition) is 2. The van der Waals surface area contributed by atoms with E-state index in [0.717, 1.165) is 29.7 Å². The van der Waals surface area contributed by atoms with E-state index in [0.29, 0.717) is 25.3 Å².